The molecule has 0 radical (unpaired) electrons. The molecule has 0 spiro atoms. The number of methoxy groups -OCH3 is 2. The topological polar surface area (TPSA) is 42.2 Å². The Morgan fingerprint density at radius 3 is 2.33 bits per heavy atom. The van der Waals surface area contributed by atoms with Crippen LogP contribution in [-0.2, 0) is 6.42 Å². The average Bonchev–Trinajstić information content (AvgIpc) is 2.27. The van der Waals surface area contributed by atoms with E-state index < -0.39 is 0 Å². The summed E-state index contributed by atoms with van der Waals surface area (Å²) in [5, 5.41) is 9.29. The second kappa shape index (κ2) is 4.90. The molecule has 0 fully saturated rings. The van der Waals surface area contributed by atoms with Crippen molar-refractivity contribution in [2.75, 3.05) is 14.2 Å². The Balaban J connectivity index is 3.50. The molecule has 0 N–H and O–H groups in total. The van der Waals surface area contributed by atoms with Gasteiger partial charge in [-0.25, -0.2) is 0 Å². The minimum absolute atomic E-state index is 0.357. The Morgan fingerprint density at radius 2 is 1.93 bits per heavy atom. The lowest BCUT2D eigenvalue weighted by Gasteiger charge is -2.13. The fourth-order valence-corrected chi connectivity index (χ4v) is 1.81. The maximum atomic E-state index is 8.93. The highest BCUT2D eigenvalue weighted by atomic mass is 35.5. The first-order valence-corrected chi connectivity index (χ1v) is 4.90. The lowest BCUT2D eigenvalue weighted by Crippen LogP contribution is -1.97. The van der Waals surface area contributed by atoms with E-state index in [1.165, 1.54) is 7.11 Å². The number of halogens is 1. The minimum Gasteiger partial charge on any atom is -0.495 e. The molecule has 0 aromatic heterocycles. The molecule has 0 atom stereocenters. The molecule has 1 aromatic carbocycles. The number of hydrogen-bond donors (Lipinski definition) is 0. The molecule has 0 saturated heterocycles. The van der Waals surface area contributed by atoms with Crippen LogP contribution in [0.2, 0.25) is 5.02 Å². The van der Waals surface area contributed by atoms with Gasteiger partial charge < -0.3 is 9.47 Å². The zero-order valence-electron chi connectivity index (χ0n) is 8.93. The van der Waals surface area contributed by atoms with Crippen molar-refractivity contribution in [1.29, 1.82) is 5.26 Å². The van der Waals surface area contributed by atoms with Crippen molar-refractivity contribution >= 4 is 11.6 Å². The van der Waals surface area contributed by atoms with E-state index in [2.05, 4.69) is 0 Å². The summed E-state index contributed by atoms with van der Waals surface area (Å²) >= 11 is 6.08. The third kappa shape index (κ3) is 2.00. The summed E-state index contributed by atoms with van der Waals surface area (Å²) in [6.07, 6.45) is 0.752. The molecule has 15 heavy (non-hydrogen) atoms. The summed E-state index contributed by atoms with van der Waals surface area (Å²) in [5.41, 5.74) is 1.33. The number of benzene rings is 1. The number of aryl methyl sites for hydroxylation is 1. The monoisotopic (exact) mass is 225 g/mol. The van der Waals surface area contributed by atoms with Crippen LogP contribution in [0.1, 0.15) is 18.1 Å². The summed E-state index contributed by atoms with van der Waals surface area (Å²) in [6.45, 7) is 1.97. The van der Waals surface area contributed by atoms with Crippen LogP contribution >= 0.6 is 11.6 Å². The molecule has 0 saturated carbocycles. The van der Waals surface area contributed by atoms with Crippen LogP contribution in [0.5, 0.6) is 11.5 Å². The first-order chi connectivity index (χ1) is 7.19. The third-order valence-corrected chi connectivity index (χ3v) is 2.51. The van der Waals surface area contributed by atoms with Crippen LogP contribution in [0.3, 0.4) is 0 Å². The third-order valence-electron chi connectivity index (χ3n) is 2.16. The zero-order chi connectivity index (χ0) is 11.4. The van der Waals surface area contributed by atoms with E-state index in [-0.39, 0.29) is 0 Å². The van der Waals surface area contributed by atoms with Crippen LogP contribution in [0.15, 0.2) is 6.07 Å². The summed E-state index contributed by atoms with van der Waals surface area (Å²) in [6, 6.07) is 3.79. The van der Waals surface area contributed by atoms with Crippen molar-refractivity contribution < 1.29 is 9.47 Å². The van der Waals surface area contributed by atoms with Crippen molar-refractivity contribution in [3.05, 3.63) is 22.2 Å². The van der Waals surface area contributed by atoms with Crippen molar-refractivity contribution in [2.24, 2.45) is 0 Å². The average molecular weight is 226 g/mol. The number of ether oxygens (including phenoxy) is 2. The van der Waals surface area contributed by atoms with E-state index in [1.54, 1.807) is 13.2 Å². The lowest BCUT2D eigenvalue weighted by molar-refractivity contribution is 0.391. The second-order valence-corrected chi connectivity index (χ2v) is 3.31. The van der Waals surface area contributed by atoms with E-state index >= 15 is 0 Å². The van der Waals surface area contributed by atoms with Crippen LogP contribution in [0.25, 0.3) is 0 Å². The van der Waals surface area contributed by atoms with Gasteiger partial charge in [0, 0.05) is 0 Å². The van der Waals surface area contributed by atoms with Crippen molar-refractivity contribution in [3.63, 3.8) is 0 Å². The highest BCUT2D eigenvalue weighted by molar-refractivity contribution is 6.33. The van der Waals surface area contributed by atoms with Gasteiger partial charge in [0.25, 0.3) is 0 Å². The van der Waals surface area contributed by atoms with Gasteiger partial charge in [-0.05, 0) is 18.1 Å². The molecule has 80 valence electrons. The Morgan fingerprint density at radius 1 is 1.33 bits per heavy atom. The summed E-state index contributed by atoms with van der Waals surface area (Å²) < 4.78 is 10.3. The summed E-state index contributed by atoms with van der Waals surface area (Å²) in [7, 11) is 3.03. The van der Waals surface area contributed by atoms with Gasteiger partial charge in [-0.2, -0.15) is 5.26 Å². The molecular formula is C11H12ClNO2. The maximum absolute atomic E-state index is 8.93. The van der Waals surface area contributed by atoms with Gasteiger partial charge in [0.1, 0.15) is 16.8 Å². The molecular weight excluding hydrogens is 214 g/mol. The van der Waals surface area contributed by atoms with Crippen molar-refractivity contribution in [3.8, 4) is 17.6 Å². The number of nitrogens with zero attached hydrogens (tertiary/aromatic N) is 1. The number of hydrogen-bond acceptors (Lipinski definition) is 3. The van der Waals surface area contributed by atoms with Gasteiger partial charge in [-0.15, -0.1) is 0 Å². The molecule has 0 heterocycles. The van der Waals surface area contributed by atoms with Crippen molar-refractivity contribution in [2.45, 2.75) is 13.3 Å². The van der Waals surface area contributed by atoms with Crippen molar-refractivity contribution in [1.82, 2.24) is 0 Å². The van der Waals surface area contributed by atoms with Gasteiger partial charge in [-0.3, -0.25) is 0 Å². The van der Waals surface area contributed by atoms with E-state index in [0.29, 0.717) is 22.1 Å². The van der Waals surface area contributed by atoms with E-state index in [1.807, 2.05) is 13.0 Å². The summed E-state index contributed by atoms with van der Waals surface area (Å²) in [5.74, 6) is 0.947. The van der Waals surface area contributed by atoms with Gasteiger partial charge in [-0.1, -0.05) is 18.5 Å². The zero-order valence-corrected chi connectivity index (χ0v) is 9.68. The molecule has 1 rings (SSSR count). The lowest BCUT2D eigenvalue weighted by atomic mass is 10.1. The Bertz CT molecular complexity index is 410. The van der Waals surface area contributed by atoms with Gasteiger partial charge in [0.05, 0.1) is 19.8 Å². The molecule has 1 aromatic rings. The van der Waals surface area contributed by atoms with Crippen LogP contribution in [0.4, 0.5) is 0 Å². The molecule has 4 heteroatoms. The quantitative estimate of drug-likeness (QED) is 0.795. The largest absolute Gasteiger partial charge is 0.495 e. The maximum Gasteiger partial charge on any atom is 0.159 e. The predicted molar refractivity (Wildman–Crippen MR) is 58.6 cm³/mol. The molecule has 0 aliphatic rings. The first kappa shape index (κ1) is 11.7. The van der Waals surface area contributed by atoms with Gasteiger partial charge in [0.2, 0.25) is 0 Å². The molecule has 0 bridgehead atoms. The minimum atomic E-state index is 0.357. The number of rotatable bonds is 3. The highest BCUT2D eigenvalue weighted by Gasteiger charge is 2.16. The molecule has 0 unspecified atom stereocenters. The normalized spacial score (nSPS) is 9.53. The van der Waals surface area contributed by atoms with E-state index in [4.69, 9.17) is 26.3 Å². The fraction of sp³-hybridized carbons (Fsp3) is 0.364. The van der Waals surface area contributed by atoms with Crippen LogP contribution in [0, 0.1) is 11.3 Å². The first-order valence-electron chi connectivity index (χ1n) is 4.53. The molecule has 0 amide bonds. The van der Waals surface area contributed by atoms with E-state index in [0.717, 1.165) is 12.0 Å². The molecule has 0 aliphatic carbocycles. The van der Waals surface area contributed by atoms with Crippen LogP contribution in [-0.4, -0.2) is 14.2 Å². The van der Waals surface area contributed by atoms with Crippen LogP contribution < -0.4 is 9.47 Å². The number of nitriles is 1. The predicted octanol–water partition coefficient (Wildman–Crippen LogP) is 2.79. The Labute approximate surface area is 94.2 Å². The smallest absolute Gasteiger partial charge is 0.159 e. The van der Waals surface area contributed by atoms with Gasteiger partial charge >= 0.3 is 0 Å². The second-order valence-electron chi connectivity index (χ2n) is 2.93. The highest BCUT2D eigenvalue weighted by Crippen LogP contribution is 2.39. The SMILES string of the molecule is CCc1cc(C#N)c(OC)c(Cl)c1OC. The van der Waals surface area contributed by atoms with E-state index in [9.17, 15) is 0 Å². The fourth-order valence-electron chi connectivity index (χ4n) is 1.43. The molecule has 0 aliphatic heterocycles. The molecule has 3 nitrogen and oxygen atoms in total. The standard InChI is InChI=1S/C11H12ClNO2/c1-4-7-5-8(6-13)11(15-3)9(12)10(7)14-2/h5H,4H2,1-3H3. The summed E-state index contributed by atoms with van der Waals surface area (Å²) in [4.78, 5) is 0. The Hall–Kier alpha value is -1.40. The van der Waals surface area contributed by atoms with Gasteiger partial charge in [0.15, 0.2) is 5.75 Å². The Kier molecular flexibility index (Phi) is 3.81.